The van der Waals surface area contributed by atoms with Crippen molar-refractivity contribution >= 4 is 46.6 Å². The third-order valence-corrected chi connectivity index (χ3v) is 4.98. The number of halogens is 3. The first kappa shape index (κ1) is 21.5. The van der Waals surface area contributed by atoms with E-state index in [1.165, 1.54) is 4.90 Å². The maximum Gasteiger partial charge on any atom is 0.242 e. The van der Waals surface area contributed by atoms with Crippen molar-refractivity contribution in [2.24, 2.45) is 0 Å². The molecule has 0 spiro atoms. The number of nitrogens with zero attached hydrogens (tertiary/aromatic N) is 1. The summed E-state index contributed by atoms with van der Waals surface area (Å²) in [5, 5.41) is 4.33. The first-order chi connectivity index (χ1) is 12.8. The molecule has 0 radical (unpaired) electrons. The quantitative estimate of drug-likeness (QED) is 0.693. The summed E-state index contributed by atoms with van der Waals surface area (Å²) in [4.78, 5) is 26.8. The van der Waals surface area contributed by atoms with Gasteiger partial charge in [0.2, 0.25) is 11.8 Å². The van der Waals surface area contributed by atoms with Gasteiger partial charge in [-0.2, -0.15) is 0 Å². The summed E-state index contributed by atoms with van der Waals surface area (Å²) in [5.74, 6) is -0.394. The van der Waals surface area contributed by atoms with Crippen LogP contribution in [0.15, 0.2) is 42.5 Å². The Bertz CT molecular complexity index is 809. The Morgan fingerprint density at radius 3 is 2.26 bits per heavy atom. The predicted octanol–water partition coefficient (Wildman–Crippen LogP) is 4.74. The van der Waals surface area contributed by atoms with Crippen LogP contribution in [0.2, 0.25) is 15.1 Å². The van der Waals surface area contributed by atoms with E-state index < -0.39 is 6.04 Å². The summed E-state index contributed by atoms with van der Waals surface area (Å²) < 4.78 is 0. The predicted molar refractivity (Wildman–Crippen MR) is 110 cm³/mol. The van der Waals surface area contributed by atoms with Gasteiger partial charge in [-0.3, -0.25) is 9.59 Å². The van der Waals surface area contributed by atoms with Crippen molar-refractivity contribution < 1.29 is 9.59 Å². The summed E-state index contributed by atoms with van der Waals surface area (Å²) in [6.07, 6.45) is 0.159. The molecule has 2 amide bonds. The van der Waals surface area contributed by atoms with Crippen LogP contribution >= 0.6 is 34.8 Å². The van der Waals surface area contributed by atoms with Crippen molar-refractivity contribution in [2.75, 3.05) is 6.54 Å². The molecule has 0 fully saturated rings. The number of amides is 2. The van der Waals surface area contributed by atoms with Crippen molar-refractivity contribution in [3.8, 4) is 0 Å². The standard InChI is InChI=1S/C20H21Cl3N2O2/c1-3-24-20(27)13(2)25(12-15-6-9-17(22)11-18(15)23)19(26)10-14-4-7-16(21)8-5-14/h4-9,11,13H,3,10,12H2,1-2H3,(H,24,27)/t13-/m1/s1. The highest BCUT2D eigenvalue weighted by Crippen LogP contribution is 2.23. The van der Waals surface area contributed by atoms with Crippen LogP contribution < -0.4 is 5.32 Å². The van der Waals surface area contributed by atoms with Gasteiger partial charge in [0.15, 0.2) is 0 Å². The minimum Gasteiger partial charge on any atom is -0.355 e. The van der Waals surface area contributed by atoms with Crippen molar-refractivity contribution in [2.45, 2.75) is 32.9 Å². The number of benzene rings is 2. The summed E-state index contributed by atoms with van der Waals surface area (Å²) in [5.41, 5.74) is 1.54. The second-order valence-electron chi connectivity index (χ2n) is 6.13. The van der Waals surface area contributed by atoms with E-state index in [-0.39, 0.29) is 24.8 Å². The molecule has 0 aromatic heterocycles. The Balaban J connectivity index is 2.26. The van der Waals surface area contributed by atoms with E-state index in [4.69, 9.17) is 34.8 Å². The Morgan fingerprint density at radius 2 is 1.67 bits per heavy atom. The van der Waals surface area contributed by atoms with Gasteiger partial charge in [0, 0.05) is 28.2 Å². The maximum absolute atomic E-state index is 13.0. The van der Waals surface area contributed by atoms with E-state index in [1.54, 1.807) is 49.4 Å². The highest BCUT2D eigenvalue weighted by molar-refractivity contribution is 6.35. The lowest BCUT2D eigenvalue weighted by molar-refractivity contribution is -0.140. The van der Waals surface area contributed by atoms with Crippen molar-refractivity contribution in [3.63, 3.8) is 0 Å². The molecule has 2 aromatic carbocycles. The second kappa shape index (κ2) is 9.98. The van der Waals surface area contributed by atoms with Crippen LogP contribution in [0.4, 0.5) is 0 Å². The first-order valence-electron chi connectivity index (χ1n) is 8.57. The third kappa shape index (κ3) is 6.13. The molecule has 4 nitrogen and oxygen atoms in total. The van der Waals surface area contributed by atoms with E-state index in [0.717, 1.165) is 11.1 Å². The smallest absolute Gasteiger partial charge is 0.242 e. The van der Waals surface area contributed by atoms with Crippen LogP contribution in [0.5, 0.6) is 0 Å². The Kier molecular flexibility index (Phi) is 7.96. The highest BCUT2D eigenvalue weighted by atomic mass is 35.5. The lowest BCUT2D eigenvalue weighted by Crippen LogP contribution is -2.48. The minimum absolute atomic E-state index is 0.159. The zero-order chi connectivity index (χ0) is 20.0. The Labute approximate surface area is 174 Å². The zero-order valence-corrected chi connectivity index (χ0v) is 17.4. The maximum atomic E-state index is 13.0. The molecular formula is C20H21Cl3N2O2. The number of likely N-dealkylation sites (N-methyl/N-ethyl adjacent to an activating group) is 1. The van der Waals surface area contributed by atoms with Gasteiger partial charge in [-0.15, -0.1) is 0 Å². The molecule has 0 saturated heterocycles. The molecule has 7 heteroatoms. The molecule has 0 aliphatic heterocycles. The van der Waals surface area contributed by atoms with E-state index >= 15 is 0 Å². The molecular weight excluding hydrogens is 407 g/mol. The number of hydrogen-bond acceptors (Lipinski definition) is 2. The van der Waals surface area contributed by atoms with Gasteiger partial charge in [-0.1, -0.05) is 53.0 Å². The normalized spacial score (nSPS) is 11.7. The van der Waals surface area contributed by atoms with Crippen LogP contribution in [0.1, 0.15) is 25.0 Å². The lowest BCUT2D eigenvalue weighted by Gasteiger charge is -2.29. The van der Waals surface area contributed by atoms with E-state index in [2.05, 4.69) is 5.32 Å². The van der Waals surface area contributed by atoms with Crippen molar-refractivity contribution in [1.29, 1.82) is 0 Å². The highest BCUT2D eigenvalue weighted by Gasteiger charge is 2.26. The van der Waals surface area contributed by atoms with Crippen LogP contribution in [0, 0.1) is 0 Å². The van der Waals surface area contributed by atoms with Gasteiger partial charge in [0.05, 0.1) is 6.42 Å². The SMILES string of the molecule is CCNC(=O)[C@@H](C)N(Cc1ccc(Cl)cc1Cl)C(=O)Cc1ccc(Cl)cc1. The van der Waals surface area contributed by atoms with Crippen LogP contribution in [-0.4, -0.2) is 29.3 Å². The fraction of sp³-hybridized carbons (Fsp3) is 0.300. The van der Waals surface area contributed by atoms with Crippen LogP contribution in [0.3, 0.4) is 0 Å². The molecule has 0 saturated carbocycles. The molecule has 27 heavy (non-hydrogen) atoms. The van der Waals surface area contributed by atoms with Crippen molar-refractivity contribution in [3.05, 3.63) is 68.7 Å². The monoisotopic (exact) mass is 426 g/mol. The van der Waals surface area contributed by atoms with Crippen LogP contribution in [-0.2, 0) is 22.6 Å². The van der Waals surface area contributed by atoms with Gasteiger partial charge < -0.3 is 10.2 Å². The molecule has 144 valence electrons. The van der Waals surface area contributed by atoms with Crippen molar-refractivity contribution in [1.82, 2.24) is 10.2 Å². The largest absolute Gasteiger partial charge is 0.355 e. The summed E-state index contributed by atoms with van der Waals surface area (Å²) >= 11 is 18.1. The van der Waals surface area contributed by atoms with Gasteiger partial charge in [0.1, 0.15) is 6.04 Å². The Morgan fingerprint density at radius 1 is 1.04 bits per heavy atom. The van der Waals surface area contributed by atoms with E-state index in [0.29, 0.717) is 21.6 Å². The molecule has 2 aromatic rings. The molecule has 1 atom stereocenters. The minimum atomic E-state index is -0.642. The number of carbonyl (C=O) groups is 2. The summed E-state index contributed by atoms with van der Waals surface area (Å²) in [6.45, 7) is 4.24. The zero-order valence-electron chi connectivity index (χ0n) is 15.1. The number of nitrogens with one attached hydrogen (secondary N) is 1. The van der Waals surface area contributed by atoms with Gasteiger partial charge in [-0.25, -0.2) is 0 Å². The number of hydrogen-bond donors (Lipinski definition) is 1. The molecule has 1 N–H and O–H groups in total. The first-order valence-corrected chi connectivity index (χ1v) is 9.70. The average Bonchev–Trinajstić information content (AvgIpc) is 2.62. The van der Waals surface area contributed by atoms with Gasteiger partial charge in [0.25, 0.3) is 0 Å². The Hall–Kier alpha value is -1.75. The molecule has 0 aliphatic carbocycles. The summed E-state index contributed by atoms with van der Waals surface area (Å²) in [7, 11) is 0. The molecule has 0 heterocycles. The average molecular weight is 428 g/mol. The topological polar surface area (TPSA) is 49.4 Å². The third-order valence-electron chi connectivity index (χ3n) is 4.14. The summed E-state index contributed by atoms with van der Waals surface area (Å²) in [6, 6.07) is 11.5. The lowest BCUT2D eigenvalue weighted by atomic mass is 10.1. The molecule has 0 aliphatic rings. The van der Waals surface area contributed by atoms with E-state index in [9.17, 15) is 9.59 Å². The number of rotatable bonds is 7. The fourth-order valence-corrected chi connectivity index (χ4v) is 3.21. The van der Waals surface area contributed by atoms with Gasteiger partial charge >= 0.3 is 0 Å². The van der Waals surface area contributed by atoms with Gasteiger partial charge in [-0.05, 0) is 49.2 Å². The fourth-order valence-electron chi connectivity index (χ4n) is 2.62. The molecule has 0 bridgehead atoms. The molecule has 2 rings (SSSR count). The second-order valence-corrected chi connectivity index (χ2v) is 7.41. The molecule has 0 unspecified atom stereocenters. The van der Waals surface area contributed by atoms with E-state index in [1.807, 2.05) is 6.92 Å². The van der Waals surface area contributed by atoms with Crippen LogP contribution in [0.25, 0.3) is 0 Å². The number of carbonyl (C=O) groups excluding carboxylic acids is 2.